The first-order valence-electron chi connectivity index (χ1n) is 0.667. The van der Waals surface area contributed by atoms with Gasteiger partial charge in [0.2, 0.25) is 0 Å². The molecule has 0 N–H and O–H groups in total. The zero-order valence-electron chi connectivity index (χ0n) is 4.64. The molecule has 54 valence electrons. The van der Waals surface area contributed by atoms with E-state index in [1.165, 1.54) is 0 Å². The van der Waals surface area contributed by atoms with Gasteiger partial charge in [-0.05, 0) is 0 Å². The average molecular weight is 269 g/mol. The van der Waals surface area contributed by atoms with Crippen molar-refractivity contribution >= 4 is 10.4 Å². The molecule has 0 aromatic rings. The van der Waals surface area contributed by atoms with Gasteiger partial charge in [0, 0.05) is 44.5 Å². The number of hydrogen-bond acceptors (Lipinski definition) is 4. The molecule has 0 bridgehead atoms. The molecule has 0 saturated carbocycles. The summed E-state index contributed by atoms with van der Waals surface area (Å²) in [5.41, 5.74) is 0. The summed E-state index contributed by atoms with van der Waals surface area (Å²) in [4.78, 5) is 0. The Morgan fingerprint density at radius 3 is 0.889 bits per heavy atom. The van der Waals surface area contributed by atoms with E-state index in [9.17, 15) is 0 Å². The first kappa shape index (κ1) is 29.7. The van der Waals surface area contributed by atoms with Crippen LogP contribution in [0.4, 0.5) is 0 Å². The molecular formula is Cu2Na2O4S. The molecule has 0 rings (SSSR count). The summed E-state index contributed by atoms with van der Waals surface area (Å²) in [6.45, 7) is 0. The van der Waals surface area contributed by atoms with E-state index in [0.29, 0.717) is 0 Å². The quantitative estimate of drug-likeness (QED) is 0.248. The molecule has 0 aliphatic carbocycles. The SMILES string of the molecule is O=S(=O)([O-])[O-].[Cu].[Cu].[Na+].[Na+]. The van der Waals surface area contributed by atoms with E-state index in [4.69, 9.17) is 17.5 Å². The molecule has 0 spiro atoms. The fourth-order valence-electron chi connectivity index (χ4n) is 0. The Morgan fingerprint density at radius 2 is 0.889 bits per heavy atom. The van der Waals surface area contributed by atoms with Crippen LogP contribution in [0.15, 0.2) is 0 Å². The van der Waals surface area contributed by atoms with Gasteiger partial charge >= 0.3 is 59.1 Å². The van der Waals surface area contributed by atoms with Gasteiger partial charge < -0.3 is 9.11 Å². The Hall–Kier alpha value is 2.91. The maximum Gasteiger partial charge on any atom is 1.00 e. The van der Waals surface area contributed by atoms with Gasteiger partial charge in [-0.2, -0.15) is 0 Å². The molecule has 4 nitrogen and oxygen atoms in total. The van der Waals surface area contributed by atoms with Crippen LogP contribution in [0.2, 0.25) is 0 Å². The third-order valence-corrected chi connectivity index (χ3v) is 0. The maximum absolute atomic E-state index is 8.52. The van der Waals surface area contributed by atoms with Crippen LogP contribution in [0.25, 0.3) is 0 Å². The van der Waals surface area contributed by atoms with Crippen LogP contribution >= 0.6 is 0 Å². The Balaban J connectivity index is -0.0000000133. The van der Waals surface area contributed by atoms with Gasteiger partial charge in [-0.3, -0.25) is 8.42 Å². The van der Waals surface area contributed by atoms with Crippen LogP contribution in [-0.2, 0) is 44.5 Å². The van der Waals surface area contributed by atoms with Crippen LogP contribution in [0.1, 0.15) is 0 Å². The van der Waals surface area contributed by atoms with Gasteiger partial charge in [0.15, 0.2) is 0 Å². The van der Waals surface area contributed by atoms with Gasteiger partial charge in [-0.25, -0.2) is 0 Å². The van der Waals surface area contributed by atoms with Gasteiger partial charge in [0.05, 0.1) is 0 Å². The summed E-state index contributed by atoms with van der Waals surface area (Å²) >= 11 is 0. The molecule has 0 aliphatic rings. The first-order valence-corrected chi connectivity index (χ1v) is 2.00. The fraction of sp³-hybridized carbons (Fsp3) is 0. The normalized spacial score (nSPS) is 6.44. The second-order valence-corrected chi connectivity index (χ2v) is 1.22. The average Bonchev–Trinajstić information content (AvgIpc) is 0.722. The van der Waals surface area contributed by atoms with Crippen LogP contribution in [0, 0.1) is 0 Å². The van der Waals surface area contributed by atoms with Crippen molar-refractivity contribution in [2.75, 3.05) is 0 Å². The monoisotopic (exact) mass is 268 g/mol. The molecule has 9 heteroatoms. The van der Waals surface area contributed by atoms with E-state index in [1.807, 2.05) is 0 Å². The minimum atomic E-state index is -5.17. The standard InChI is InChI=1S/2Cu.2Na.H2O4S/c;;;;1-5(2,3)4/h;;;;(H2,1,2,3,4)/q;;2*+1;/p-2. The topological polar surface area (TPSA) is 80.3 Å². The molecule has 0 amide bonds. The van der Waals surface area contributed by atoms with Crippen LogP contribution in [-0.4, -0.2) is 17.5 Å². The second-order valence-electron chi connectivity index (χ2n) is 0.408. The summed E-state index contributed by atoms with van der Waals surface area (Å²) < 4.78 is 34.1. The molecule has 0 heterocycles. The summed E-state index contributed by atoms with van der Waals surface area (Å²) in [5.74, 6) is 0. The predicted molar refractivity (Wildman–Crippen MR) is 10.5 cm³/mol. The molecule has 0 atom stereocenters. The summed E-state index contributed by atoms with van der Waals surface area (Å²) in [6, 6.07) is 0. The molecular weight excluding hydrogens is 269 g/mol. The number of hydrogen-bond donors (Lipinski definition) is 0. The van der Waals surface area contributed by atoms with E-state index in [-0.39, 0.29) is 93.3 Å². The molecule has 2 radical (unpaired) electrons. The van der Waals surface area contributed by atoms with E-state index >= 15 is 0 Å². The smallest absolute Gasteiger partial charge is 0.759 e. The second kappa shape index (κ2) is 13.5. The summed E-state index contributed by atoms with van der Waals surface area (Å²) in [7, 11) is -5.17. The summed E-state index contributed by atoms with van der Waals surface area (Å²) in [6.07, 6.45) is 0. The van der Waals surface area contributed by atoms with Crippen molar-refractivity contribution in [1.29, 1.82) is 0 Å². The Morgan fingerprint density at radius 1 is 0.889 bits per heavy atom. The van der Waals surface area contributed by atoms with E-state index in [1.54, 1.807) is 0 Å². The van der Waals surface area contributed by atoms with Crippen molar-refractivity contribution in [3.63, 3.8) is 0 Å². The van der Waals surface area contributed by atoms with Gasteiger partial charge in [-0.15, -0.1) is 0 Å². The molecule has 0 aromatic carbocycles. The Kier molecular flexibility index (Phi) is 44.5. The minimum Gasteiger partial charge on any atom is -0.759 e. The molecule has 0 aromatic heterocycles. The molecule has 0 aliphatic heterocycles. The number of rotatable bonds is 0. The third kappa shape index (κ3) is 102. The van der Waals surface area contributed by atoms with Crippen LogP contribution in [0.3, 0.4) is 0 Å². The molecule has 9 heavy (non-hydrogen) atoms. The van der Waals surface area contributed by atoms with Crippen molar-refractivity contribution in [2.24, 2.45) is 0 Å². The molecule has 0 fully saturated rings. The largest absolute Gasteiger partial charge is 1.00 e. The van der Waals surface area contributed by atoms with Crippen molar-refractivity contribution in [2.45, 2.75) is 0 Å². The van der Waals surface area contributed by atoms with Crippen molar-refractivity contribution in [3.8, 4) is 0 Å². The van der Waals surface area contributed by atoms with Crippen molar-refractivity contribution in [1.82, 2.24) is 0 Å². The Labute approximate surface area is 119 Å². The van der Waals surface area contributed by atoms with Crippen molar-refractivity contribution in [3.05, 3.63) is 0 Å². The maximum atomic E-state index is 8.52. The van der Waals surface area contributed by atoms with E-state index < -0.39 is 10.4 Å². The zero-order valence-corrected chi connectivity index (χ0v) is 11.3. The van der Waals surface area contributed by atoms with E-state index in [0.717, 1.165) is 0 Å². The van der Waals surface area contributed by atoms with Crippen molar-refractivity contribution < 1.29 is 111 Å². The van der Waals surface area contributed by atoms with Crippen LogP contribution in [0.5, 0.6) is 0 Å². The van der Waals surface area contributed by atoms with Crippen LogP contribution < -0.4 is 59.1 Å². The Bertz CT molecular complexity index is 99.7. The molecule has 0 unspecified atom stereocenters. The van der Waals surface area contributed by atoms with Gasteiger partial charge in [-0.1, -0.05) is 0 Å². The fourth-order valence-corrected chi connectivity index (χ4v) is 0. The first-order chi connectivity index (χ1) is 2.00. The molecule has 0 saturated heterocycles. The third-order valence-electron chi connectivity index (χ3n) is 0. The predicted octanol–water partition coefficient (Wildman–Crippen LogP) is -7.33. The minimum absolute atomic E-state index is 0. The van der Waals surface area contributed by atoms with Gasteiger partial charge in [0.1, 0.15) is 0 Å². The zero-order chi connectivity index (χ0) is 4.50. The summed E-state index contributed by atoms with van der Waals surface area (Å²) in [5, 5.41) is 0. The van der Waals surface area contributed by atoms with Gasteiger partial charge in [0.25, 0.3) is 0 Å². The van der Waals surface area contributed by atoms with E-state index in [2.05, 4.69) is 0 Å².